The van der Waals surface area contributed by atoms with Crippen molar-refractivity contribution in [1.29, 1.82) is 0 Å². The Morgan fingerprint density at radius 3 is 2.57 bits per heavy atom. The molecule has 0 aliphatic heterocycles. The van der Waals surface area contributed by atoms with Crippen molar-refractivity contribution < 1.29 is 4.92 Å². The molecule has 6 heteroatoms. The summed E-state index contributed by atoms with van der Waals surface area (Å²) in [6.45, 7) is 1.37. The molecule has 0 aliphatic carbocycles. The molecule has 2 aromatic rings. The lowest BCUT2D eigenvalue weighted by atomic mass is 10.1. The first-order valence-corrected chi connectivity index (χ1v) is 7.62. The largest absolute Gasteiger partial charge is 0.312 e. The minimum atomic E-state index is -0.388. The number of halogens is 2. The van der Waals surface area contributed by atoms with E-state index in [9.17, 15) is 10.1 Å². The summed E-state index contributed by atoms with van der Waals surface area (Å²) < 4.78 is 0.536. The highest BCUT2D eigenvalue weighted by Gasteiger charge is 2.14. The first-order valence-electron chi connectivity index (χ1n) is 6.45. The van der Waals surface area contributed by atoms with Crippen molar-refractivity contribution in [2.45, 2.75) is 13.0 Å². The maximum absolute atomic E-state index is 10.9. The van der Waals surface area contributed by atoms with Gasteiger partial charge in [0.15, 0.2) is 0 Å². The van der Waals surface area contributed by atoms with Gasteiger partial charge in [-0.15, -0.1) is 0 Å². The Morgan fingerprint density at radius 1 is 1.19 bits per heavy atom. The van der Waals surface area contributed by atoms with E-state index in [-0.39, 0.29) is 10.6 Å². The van der Waals surface area contributed by atoms with Crippen LogP contribution in [0.15, 0.2) is 46.9 Å². The fourth-order valence-corrected chi connectivity index (χ4v) is 2.63. The summed E-state index contributed by atoms with van der Waals surface area (Å²) in [5.41, 5.74) is 2.16. The van der Waals surface area contributed by atoms with Crippen molar-refractivity contribution in [1.82, 2.24) is 5.32 Å². The average Bonchev–Trinajstić information content (AvgIpc) is 2.46. The van der Waals surface area contributed by atoms with Gasteiger partial charge in [0.2, 0.25) is 0 Å². The highest BCUT2D eigenvalue weighted by molar-refractivity contribution is 9.10. The van der Waals surface area contributed by atoms with Crippen LogP contribution in [0, 0.1) is 10.1 Å². The van der Waals surface area contributed by atoms with E-state index in [1.165, 1.54) is 11.6 Å². The Hall–Kier alpha value is -1.43. The summed E-state index contributed by atoms with van der Waals surface area (Å²) >= 11 is 9.13. The van der Waals surface area contributed by atoms with Crippen LogP contribution < -0.4 is 5.32 Å². The Bertz CT molecular complexity index is 632. The fourth-order valence-electron chi connectivity index (χ4n) is 1.95. The van der Waals surface area contributed by atoms with Crippen LogP contribution >= 0.6 is 27.5 Å². The van der Waals surface area contributed by atoms with Crippen molar-refractivity contribution in [3.05, 3.63) is 73.2 Å². The van der Waals surface area contributed by atoms with E-state index in [4.69, 9.17) is 11.6 Å². The van der Waals surface area contributed by atoms with Crippen molar-refractivity contribution in [2.24, 2.45) is 0 Å². The molecular formula is C15H14BrClN2O2. The van der Waals surface area contributed by atoms with Crippen LogP contribution in [-0.4, -0.2) is 11.5 Å². The minimum absolute atomic E-state index is 0.0898. The Labute approximate surface area is 136 Å². The van der Waals surface area contributed by atoms with Gasteiger partial charge in [-0.1, -0.05) is 35.9 Å². The van der Waals surface area contributed by atoms with E-state index >= 15 is 0 Å². The lowest BCUT2D eigenvalue weighted by Crippen LogP contribution is -2.17. The zero-order valence-corrected chi connectivity index (χ0v) is 13.5. The Morgan fingerprint density at radius 2 is 1.90 bits per heavy atom. The lowest BCUT2D eigenvalue weighted by molar-refractivity contribution is -0.385. The maximum Gasteiger partial charge on any atom is 0.283 e. The topological polar surface area (TPSA) is 55.2 Å². The van der Waals surface area contributed by atoms with Crippen LogP contribution in [0.5, 0.6) is 0 Å². The summed E-state index contributed by atoms with van der Waals surface area (Å²) in [5.74, 6) is 0. The molecule has 2 aromatic carbocycles. The first-order chi connectivity index (χ1) is 10.1. The molecule has 4 nitrogen and oxygen atoms in total. The minimum Gasteiger partial charge on any atom is -0.312 e. The molecule has 0 unspecified atom stereocenters. The third kappa shape index (κ3) is 4.52. The first kappa shape index (κ1) is 15.9. The van der Waals surface area contributed by atoms with Crippen LogP contribution in [0.3, 0.4) is 0 Å². The molecule has 0 amide bonds. The predicted octanol–water partition coefficient (Wildman–Crippen LogP) is 4.34. The second kappa shape index (κ2) is 7.54. The van der Waals surface area contributed by atoms with Gasteiger partial charge < -0.3 is 5.32 Å². The quantitative estimate of drug-likeness (QED) is 0.468. The second-order valence-electron chi connectivity index (χ2n) is 4.56. The smallest absolute Gasteiger partial charge is 0.283 e. The van der Waals surface area contributed by atoms with Gasteiger partial charge in [-0.3, -0.25) is 10.1 Å². The van der Waals surface area contributed by atoms with Crippen LogP contribution in [0.1, 0.15) is 11.1 Å². The summed E-state index contributed by atoms with van der Waals surface area (Å²) in [4.78, 5) is 10.5. The SMILES string of the molecule is O=[N+]([O-])c1cccc(CNCCc2ccc(Cl)cc2)c1Br. The molecule has 0 fully saturated rings. The molecule has 21 heavy (non-hydrogen) atoms. The lowest BCUT2D eigenvalue weighted by Gasteiger charge is -2.07. The van der Waals surface area contributed by atoms with Crippen molar-refractivity contribution in [3.8, 4) is 0 Å². The van der Waals surface area contributed by atoms with Crippen molar-refractivity contribution in [3.63, 3.8) is 0 Å². The van der Waals surface area contributed by atoms with Crippen LogP contribution in [0.4, 0.5) is 5.69 Å². The standard InChI is InChI=1S/C15H14BrClN2O2/c16-15-12(2-1-3-14(15)19(20)21)10-18-9-8-11-4-6-13(17)7-5-11/h1-7,18H,8-10H2. The summed E-state index contributed by atoms with van der Waals surface area (Å²) in [6.07, 6.45) is 0.879. The molecule has 0 aromatic heterocycles. The van der Waals surface area contributed by atoms with E-state index in [1.54, 1.807) is 6.07 Å². The van der Waals surface area contributed by atoms with Gasteiger partial charge >= 0.3 is 0 Å². The summed E-state index contributed by atoms with van der Waals surface area (Å²) in [6, 6.07) is 12.8. The van der Waals surface area contributed by atoms with Crippen LogP contribution in [0.25, 0.3) is 0 Å². The number of hydrogen-bond donors (Lipinski definition) is 1. The number of nitro benzene ring substituents is 1. The van der Waals surface area contributed by atoms with Gasteiger partial charge in [0.1, 0.15) is 0 Å². The zero-order valence-electron chi connectivity index (χ0n) is 11.2. The van der Waals surface area contributed by atoms with Gasteiger partial charge in [0.25, 0.3) is 5.69 Å². The van der Waals surface area contributed by atoms with Crippen molar-refractivity contribution in [2.75, 3.05) is 6.54 Å². The molecule has 2 rings (SSSR count). The molecular weight excluding hydrogens is 356 g/mol. The average molecular weight is 370 g/mol. The maximum atomic E-state index is 10.9. The molecule has 0 aliphatic rings. The van der Waals surface area contributed by atoms with Crippen molar-refractivity contribution >= 4 is 33.2 Å². The Kier molecular flexibility index (Phi) is 5.73. The summed E-state index contributed by atoms with van der Waals surface area (Å²) in [7, 11) is 0. The molecule has 0 saturated carbocycles. The van der Waals surface area contributed by atoms with Gasteiger partial charge in [0, 0.05) is 17.6 Å². The van der Waals surface area contributed by atoms with E-state index in [2.05, 4.69) is 21.2 Å². The van der Waals surface area contributed by atoms with E-state index < -0.39 is 0 Å². The summed E-state index contributed by atoms with van der Waals surface area (Å²) in [5, 5.41) is 14.9. The number of benzene rings is 2. The molecule has 110 valence electrons. The van der Waals surface area contributed by atoms with E-state index in [0.717, 1.165) is 23.6 Å². The Balaban J connectivity index is 1.88. The number of rotatable bonds is 6. The predicted molar refractivity (Wildman–Crippen MR) is 87.7 cm³/mol. The monoisotopic (exact) mass is 368 g/mol. The van der Waals surface area contributed by atoms with Gasteiger partial charge in [-0.05, 0) is 52.2 Å². The van der Waals surface area contributed by atoms with Gasteiger partial charge in [-0.2, -0.15) is 0 Å². The number of nitrogens with one attached hydrogen (secondary N) is 1. The molecule has 0 saturated heterocycles. The third-order valence-corrected chi connectivity index (χ3v) is 4.24. The molecule has 0 spiro atoms. The number of hydrogen-bond acceptors (Lipinski definition) is 3. The number of nitrogens with zero attached hydrogens (tertiary/aromatic N) is 1. The third-order valence-electron chi connectivity index (χ3n) is 3.07. The highest BCUT2D eigenvalue weighted by atomic mass is 79.9. The number of nitro groups is 1. The van der Waals surface area contributed by atoms with Gasteiger partial charge in [-0.25, -0.2) is 0 Å². The molecule has 0 bridgehead atoms. The highest BCUT2D eigenvalue weighted by Crippen LogP contribution is 2.28. The van der Waals surface area contributed by atoms with E-state index in [0.29, 0.717) is 11.0 Å². The van der Waals surface area contributed by atoms with Crippen LogP contribution in [-0.2, 0) is 13.0 Å². The van der Waals surface area contributed by atoms with Gasteiger partial charge in [0.05, 0.1) is 9.40 Å². The molecule has 1 N–H and O–H groups in total. The molecule has 0 radical (unpaired) electrons. The second-order valence-corrected chi connectivity index (χ2v) is 5.79. The zero-order chi connectivity index (χ0) is 15.2. The fraction of sp³-hybridized carbons (Fsp3) is 0.200. The molecule has 0 heterocycles. The van der Waals surface area contributed by atoms with Crippen LogP contribution in [0.2, 0.25) is 5.02 Å². The normalized spacial score (nSPS) is 10.6. The van der Waals surface area contributed by atoms with E-state index in [1.807, 2.05) is 30.3 Å². The molecule has 0 atom stereocenters.